The number of hydrogen-bond donors (Lipinski definition) is 0. The topological polar surface area (TPSA) is 71.1 Å². The molecule has 0 spiro atoms. The average Bonchev–Trinajstić information content (AvgIpc) is 3.22. The zero-order valence-electron chi connectivity index (χ0n) is 37.3. The molecule has 2 unspecified atom stereocenters. The molecule has 0 aromatic heterocycles. The zero-order valence-corrected chi connectivity index (χ0v) is 37.3. The first kappa shape index (κ1) is 54.0. The van der Waals surface area contributed by atoms with Crippen LogP contribution in [0.25, 0.3) is 0 Å². The fourth-order valence-electron chi connectivity index (χ4n) is 8.06. The third-order valence-corrected chi connectivity index (χ3v) is 11.7. The third-order valence-electron chi connectivity index (χ3n) is 11.7. The van der Waals surface area contributed by atoms with Crippen molar-refractivity contribution in [2.24, 2.45) is 0 Å². The molecule has 0 aliphatic rings. The van der Waals surface area contributed by atoms with E-state index >= 15 is 0 Å². The molecule has 2 rings (SSSR count). The summed E-state index contributed by atoms with van der Waals surface area (Å²) >= 11 is 0. The molecule has 0 aliphatic carbocycles. The van der Waals surface area contributed by atoms with Crippen LogP contribution in [0.3, 0.4) is 0 Å². The fraction of sp³-hybridized carbons (Fsp3) is 0.714. The predicted octanol–water partition coefficient (Wildman–Crippen LogP) is 14.8. The van der Waals surface area contributed by atoms with Gasteiger partial charge in [-0.15, -0.1) is 0 Å². The normalized spacial score (nSPS) is 15.1. The van der Waals surface area contributed by atoms with Crippen LogP contribution in [0.2, 0.25) is 0 Å². The van der Waals surface area contributed by atoms with Gasteiger partial charge in [0.25, 0.3) is 11.2 Å². The molecule has 0 bridgehead atoms. The highest BCUT2D eigenvalue weighted by Gasteiger charge is 2.65. The first-order valence-electron chi connectivity index (χ1n) is 23.0. The summed E-state index contributed by atoms with van der Waals surface area (Å²) in [6, 6.07) is 12.8. The Morgan fingerprint density at radius 3 is 0.984 bits per heavy atom. The number of carbonyl (C=O) groups is 2. The predicted molar refractivity (Wildman–Crippen MR) is 229 cm³/mol. The highest BCUT2D eigenvalue weighted by atomic mass is 19.4. The van der Waals surface area contributed by atoms with E-state index in [1.54, 1.807) is 0 Å². The van der Waals surface area contributed by atoms with E-state index in [0.717, 1.165) is 70.6 Å². The van der Waals surface area contributed by atoms with E-state index in [1.165, 1.54) is 120 Å². The summed E-state index contributed by atoms with van der Waals surface area (Å²) in [6.45, 7) is 4.16. The summed E-state index contributed by atoms with van der Waals surface area (Å²) in [5, 5.41) is 0. The lowest BCUT2D eigenvalue weighted by atomic mass is 9.92. The summed E-state index contributed by atoms with van der Waals surface area (Å²) in [6.07, 6.45) is 10.9. The van der Waals surface area contributed by atoms with Gasteiger partial charge in [0.2, 0.25) is 0 Å². The Morgan fingerprint density at radius 1 is 0.443 bits per heavy atom. The minimum absolute atomic E-state index is 0.0899. The summed E-state index contributed by atoms with van der Waals surface area (Å²) in [5.74, 6) is -3.42. The number of methoxy groups -OCH3 is 2. The maximum Gasteiger partial charge on any atom is 0.432 e. The molecule has 0 saturated carbocycles. The quantitative estimate of drug-likeness (QED) is 0.0396. The standard InChI is InChI=1S/C49H74F6O6/c1-5-7-9-10-11-12-13-14-15-16-17-18-19-20-21-22-23-24-32-38-43(61-45(57)47(59-4,49(53,54)55)41-35-30-26-31-36-41)39-42(37-27-8-6-2)60-44(56)46(58-3,48(50,51)52)40-33-28-25-29-34-40/h25-26,28-31,33-36,42-43H,5-24,27,32,37-39H2,1-4H3/t42-,43+,46?,47?/m1/s1. The molecular formula is C49H74F6O6. The van der Waals surface area contributed by atoms with E-state index in [2.05, 4.69) is 6.92 Å². The maximum absolute atomic E-state index is 14.9. The smallest absolute Gasteiger partial charge is 0.432 e. The van der Waals surface area contributed by atoms with Crippen LogP contribution >= 0.6 is 0 Å². The van der Waals surface area contributed by atoms with Gasteiger partial charge in [-0.2, -0.15) is 26.3 Å². The Morgan fingerprint density at radius 2 is 0.705 bits per heavy atom. The van der Waals surface area contributed by atoms with Gasteiger partial charge in [-0.3, -0.25) is 0 Å². The molecule has 2 aromatic rings. The second-order valence-electron chi connectivity index (χ2n) is 16.4. The molecule has 12 heteroatoms. The first-order chi connectivity index (χ1) is 29.2. The largest absolute Gasteiger partial charge is 0.460 e. The highest BCUT2D eigenvalue weighted by molar-refractivity contribution is 5.83. The molecule has 0 radical (unpaired) electrons. The molecule has 0 amide bonds. The summed E-state index contributed by atoms with van der Waals surface area (Å²) < 4.78 is 110. The Kier molecular flexibility index (Phi) is 25.9. The van der Waals surface area contributed by atoms with Crippen molar-refractivity contribution < 1.29 is 54.9 Å². The van der Waals surface area contributed by atoms with Crippen molar-refractivity contribution in [3.63, 3.8) is 0 Å². The zero-order chi connectivity index (χ0) is 45.0. The van der Waals surface area contributed by atoms with Gasteiger partial charge in [-0.1, -0.05) is 203 Å². The summed E-state index contributed by atoms with van der Waals surface area (Å²) in [5.41, 5.74) is -7.91. The molecule has 4 atom stereocenters. The number of alkyl halides is 6. The number of benzene rings is 2. The van der Waals surface area contributed by atoms with Gasteiger partial charge in [0.15, 0.2) is 0 Å². The second kappa shape index (κ2) is 29.3. The molecule has 0 heterocycles. The van der Waals surface area contributed by atoms with E-state index in [-0.39, 0.29) is 19.3 Å². The van der Waals surface area contributed by atoms with Crippen molar-refractivity contribution >= 4 is 11.9 Å². The van der Waals surface area contributed by atoms with Crippen LogP contribution in [0.5, 0.6) is 0 Å². The van der Waals surface area contributed by atoms with Crippen molar-refractivity contribution in [2.45, 2.75) is 210 Å². The van der Waals surface area contributed by atoms with Crippen LogP contribution in [0.15, 0.2) is 60.7 Å². The Labute approximate surface area is 362 Å². The summed E-state index contributed by atoms with van der Waals surface area (Å²) in [4.78, 5) is 27.5. The molecule has 2 aromatic carbocycles. The minimum Gasteiger partial charge on any atom is -0.460 e. The lowest BCUT2D eigenvalue weighted by Crippen LogP contribution is -2.53. The van der Waals surface area contributed by atoms with E-state index < -0.39 is 58.8 Å². The van der Waals surface area contributed by atoms with E-state index in [1.807, 2.05) is 6.92 Å². The molecular weight excluding hydrogens is 799 g/mol. The number of hydrogen-bond acceptors (Lipinski definition) is 6. The van der Waals surface area contributed by atoms with Gasteiger partial charge in [0.05, 0.1) is 0 Å². The molecule has 0 N–H and O–H groups in total. The van der Waals surface area contributed by atoms with Crippen molar-refractivity contribution in [1.29, 1.82) is 0 Å². The van der Waals surface area contributed by atoms with E-state index in [0.29, 0.717) is 25.7 Å². The van der Waals surface area contributed by atoms with Crippen molar-refractivity contribution in [3.05, 3.63) is 71.8 Å². The van der Waals surface area contributed by atoms with Gasteiger partial charge in [0.1, 0.15) is 12.2 Å². The average molecular weight is 873 g/mol. The molecule has 0 aliphatic heterocycles. The lowest BCUT2D eigenvalue weighted by Gasteiger charge is -2.35. The monoisotopic (exact) mass is 873 g/mol. The third kappa shape index (κ3) is 17.5. The van der Waals surface area contributed by atoms with Gasteiger partial charge in [-0.05, 0) is 25.7 Å². The number of halogens is 6. The SMILES string of the molecule is CCCCCCCCCCCCCCCCCCCCC[C@@H](C[C@@H](CCCCC)OC(=O)C(OC)(c1ccccc1)C(F)(F)F)OC(=O)C(OC)(c1ccccc1)C(F)(F)F. The van der Waals surface area contributed by atoms with E-state index in [4.69, 9.17) is 18.9 Å². The molecule has 0 fully saturated rings. The van der Waals surface area contributed by atoms with Crippen LogP contribution in [-0.2, 0) is 39.7 Å². The number of rotatable bonds is 34. The second-order valence-corrected chi connectivity index (χ2v) is 16.4. The van der Waals surface area contributed by atoms with Gasteiger partial charge in [-0.25, -0.2) is 9.59 Å². The van der Waals surface area contributed by atoms with Crippen molar-refractivity contribution in [2.75, 3.05) is 14.2 Å². The lowest BCUT2D eigenvalue weighted by molar-refractivity contribution is -0.279. The summed E-state index contributed by atoms with van der Waals surface area (Å²) in [7, 11) is 1.54. The number of esters is 2. The van der Waals surface area contributed by atoms with Crippen molar-refractivity contribution in [1.82, 2.24) is 0 Å². The van der Waals surface area contributed by atoms with Crippen LogP contribution in [0, 0.1) is 0 Å². The minimum atomic E-state index is -5.23. The number of carbonyl (C=O) groups excluding carboxylic acids is 2. The van der Waals surface area contributed by atoms with Gasteiger partial charge >= 0.3 is 24.3 Å². The maximum atomic E-state index is 14.9. The molecule has 0 saturated heterocycles. The molecule has 348 valence electrons. The van der Waals surface area contributed by atoms with Gasteiger partial charge < -0.3 is 18.9 Å². The molecule has 6 nitrogen and oxygen atoms in total. The fourth-order valence-corrected chi connectivity index (χ4v) is 8.06. The Balaban J connectivity index is 2.12. The molecule has 61 heavy (non-hydrogen) atoms. The highest BCUT2D eigenvalue weighted by Crippen LogP contribution is 2.45. The Hall–Kier alpha value is -3.12. The Bertz CT molecular complexity index is 1440. The van der Waals surface area contributed by atoms with Crippen LogP contribution < -0.4 is 0 Å². The number of ether oxygens (including phenoxy) is 4. The number of unbranched alkanes of at least 4 members (excludes halogenated alkanes) is 20. The van der Waals surface area contributed by atoms with Gasteiger partial charge in [0, 0.05) is 31.8 Å². The van der Waals surface area contributed by atoms with Crippen molar-refractivity contribution in [3.8, 4) is 0 Å². The van der Waals surface area contributed by atoms with Crippen LogP contribution in [0.1, 0.15) is 185 Å². The van der Waals surface area contributed by atoms with Crippen LogP contribution in [-0.4, -0.2) is 50.7 Å². The van der Waals surface area contributed by atoms with Crippen LogP contribution in [0.4, 0.5) is 26.3 Å². The first-order valence-corrected chi connectivity index (χ1v) is 23.0. The van der Waals surface area contributed by atoms with E-state index in [9.17, 15) is 35.9 Å².